The predicted octanol–water partition coefficient (Wildman–Crippen LogP) is 5.42. The number of aryl methyl sites for hydroxylation is 1. The van der Waals surface area contributed by atoms with Gasteiger partial charge in [0.05, 0.1) is 10.6 Å². The third-order valence-corrected chi connectivity index (χ3v) is 7.76. The SMILES string of the molecule is CNCc1ccc(C(=O)N2CCC[C@@H]([C@@](O)(CCCNC(=O)O)c3cccc(Cl)c3-c3ccc(C)o3)C2)cc1. The van der Waals surface area contributed by atoms with E-state index in [1.165, 1.54) is 0 Å². The monoisotopic (exact) mass is 553 g/mol. The van der Waals surface area contributed by atoms with Crippen LogP contribution in [0.5, 0.6) is 0 Å². The van der Waals surface area contributed by atoms with Gasteiger partial charge < -0.3 is 30.2 Å². The van der Waals surface area contributed by atoms with Gasteiger partial charge in [-0.1, -0.05) is 35.9 Å². The molecule has 1 fully saturated rings. The minimum absolute atomic E-state index is 0.0708. The molecule has 2 heterocycles. The number of carbonyl (C=O) groups excluding carboxylic acids is 1. The molecule has 8 nitrogen and oxygen atoms in total. The Kier molecular flexibility index (Phi) is 9.32. The maximum absolute atomic E-state index is 13.5. The van der Waals surface area contributed by atoms with Crippen LogP contribution in [-0.2, 0) is 12.1 Å². The molecule has 9 heteroatoms. The number of piperidine rings is 1. The van der Waals surface area contributed by atoms with Crippen molar-refractivity contribution in [1.82, 2.24) is 15.5 Å². The summed E-state index contributed by atoms with van der Waals surface area (Å²) >= 11 is 6.69. The van der Waals surface area contributed by atoms with Crippen molar-refractivity contribution >= 4 is 23.6 Å². The van der Waals surface area contributed by atoms with Gasteiger partial charge in [-0.15, -0.1) is 0 Å². The van der Waals surface area contributed by atoms with Gasteiger partial charge in [0.15, 0.2) is 0 Å². The number of hydrogen-bond acceptors (Lipinski definition) is 5. The Labute approximate surface area is 234 Å². The number of hydrogen-bond donors (Lipinski definition) is 4. The van der Waals surface area contributed by atoms with Gasteiger partial charge in [-0.25, -0.2) is 4.79 Å². The van der Waals surface area contributed by atoms with Crippen LogP contribution in [0, 0.1) is 12.8 Å². The Morgan fingerprint density at radius 1 is 1.15 bits per heavy atom. The maximum atomic E-state index is 13.5. The van der Waals surface area contributed by atoms with E-state index in [-0.39, 0.29) is 24.8 Å². The summed E-state index contributed by atoms with van der Waals surface area (Å²) < 4.78 is 5.92. The van der Waals surface area contributed by atoms with Gasteiger partial charge in [0, 0.05) is 43.2 Å². The normalized spacial score (nSPS) is 17.0. The van der Waals surface area contributed by atoms with Crippen molar-refractivity contribution in [3.05, 3.63) is 82.1 Å². The molecule has 0 radical (unpaired) electrons. The summed E-state index contributed by atoms with van der Waals surface area (Å²) in [5.41, 5.74) is 1.56. The summed E-state index contributed by atoms with van der Waals surface area (Å²) in [6.45, 7) is 3.73. The number of carbonyl (C=O) groups is 2. The highest BCUT2D eigenvalue weighted by molar-refractivity contribution is 6.33. The minimum atomic E-state index is -1.38. The van der Waals surface area contributed by atoms with Crippen LogP contribution in [0.15, 0.2) is 59.0 Å². The van der Waals surface area contributed by atoms with Crippen LogP contribution in [0.4, 0.5) is 4.79 Å². The van der Waals surface area contributed by atoms with Gasteiger partial charge in [-0.3, -0.25) is 4.79 Å². The number of nitrogens with zero attached hydrogens (tertiary/aromatic N) is 1. The predicted molar refractivity (Wildman–Crippen MR) is 151 cm³/mol. The van der Waals surface area contributed by atoms with Crippen molar-refractivity contribution < 1.29 is 24.2 Å². The van der Waals surface area contributed by atoms with Gasteiger partial charge in [0.1, 0.15) is 11.5 Å². The van der Waals surface area contributed by atoms with Crippen LogP contribution >= 0.6 is 11.6 Å². The van der Waals surface area contributed by atoms with E-state index in [2.05, 4.69) is 10.6 Å². The summed E-state index contributed by atoms with van der Waals surface area (Å²) in [5.74, 6) is 0.913. The third-order valence-electron chi connectivity index (χ3n) is 7.44. The molecular weight excluding hydrogens is 518 g/mol. The lowest BCUT2D eigenvalue weighted by Crippen LogP contribution is -2.48. The molecule has 3 aromatic rings. The van der Waals surface area contributed by atoms with Crippen LogP contribution in [-0.4, -0.2) is 53.8 Å². The van der Waals surface area contributed by atoms with Gasteiger partial charge in [0.25, 0.3) is 5.91 Å². The molecule has 1 aliphatic rings. The zero-order valence-electron chi connectivity index (χ0n) is 22.4. The molecule has 0 unspecified atom stereocenters. The number of furan rings is 1. The molecule has 2 atom stereocenters. The number of likely N-dealkylation sites (tertiary alicyclic amines) is 1. The molecule has 1 saturated heterocycles. The Morgan fingerprint density at radius 2 is 1.92 bits per heavy atom. The average molecular weight is 554 g/mol. The van der Waals surface area contributed by atoms with Crippen molar-refractivity contribution in [3.63, 3.8) is 0 Å². The maximum Gasteiger partial charge on any atom is 0.404 e. The van der Waals surface area contributed by atoms with E-state index >= 15 is 0 Å². The van der Waals surface area contributed by atoms with Crippen molar-refractivity contribution in [2.45, 2.75) is 44.8 Å². The molecule has 1 aromatic heterocycles. The standard InChI is InChI=1S/C30H36ClN3O5/c1-20-9-14-26(39-20)27-24(7-3-8-25(27)31)30(38,15-5-16-33-29(36)37)23-6-4-17-34(19-23)28(35)22-12-10-21(11-13-22)18-32-2/h3,7-14,23,32-33,38H,4-6,15-19H2,1-2H3,(H,36,37)/t23-,30+/m1/s1. The van der Waals surface area contributed by atoms with E-state index in [0.717, 1.165) is 24.3 Å². The Hall–Kier alpha value is -3.33. The zero-order valence-corrected chi connectivity index (χ0v) is 23.1. The minimum Gasteiger partial charge on any atom is -0.465 e. The fourth-order valence-electron chi connectivity index (χ4n) is 5.52. The second-order valence-corrected chi connectivity index (χ2v) is 10.6. The molecule has 0 bridgehead atoms. The number of carboxylic acid groups (broad SMARTS) is 1. The topological polar surface area (TPSA) is 115 Å². The number of aliphatic hydroxyl groups is 1. The van der Waals surface area contributed by atoms with Gasteiger partial charge >= 0.3 is 6.09 Å². The summed E-state index contributed by atoms with van der Waals surface area (Å²) in [7, 11) is 1.88. The molecule has 1 aliphatic heterocycles. The lowest BCUT2D eigenvalue weighted by atomic mass is 9.72. The van der Waals surface area contributed by atoms with Crippen LogP contribution in [0.3, 0.4) is 0 Å². The Balaban J connectivity index is 1.66. The first-order chi connectivity index (χ1) is 18.7. The van der Waals surface area contributed by atoms with Crippen LogP contribution < -0.4 is 10.6 Å². The molecule has 208 valence electrons. The van der Waals surface area contributed by atoms with Crippen LogP contribution in [0.25, 0.3) is 11.3 Å². The van der Waals surface area contributed by atoms with Gasteiger partial charge in [-0.05, 0) is 81.1 Å². The zero-order chi connectivity index (χ0) is 28.0. The van der Waals surface area contributed by atoms with Crippen LogP contribution in [0.1, 0.15) is 52.9 Å². The van der Waals surface area contributed by atoms with Crippen molar-refractivity contribution in [2.75, 3.05) is 26.7 Å². The molecular formula is C30H36ClN3O5. The number of benzene rings is 2. The smallest absolute Gasteiger partial charge is 0.404 e. The van der Waals surface area contributed by atoms with Gasteiger partial charge in [-0.2, -0.15) is 0 Å². The summed E-state index contributed by atoms with van der Waals surface area (Å²) in [4.78, 5) is 26.3. The van der Waals surface area contributed by atoms with E-state index in [1.54, 1.807) is 12.1 Å². The lowest BCUT2D eigenvalue weighted by Gasteiger charge is -2.43. The number of nitrogens with one attached hydrogen (secondary N) is 2. The van der Waals surface area contributed by atoms with E-state index in [1.807, 2.05) is 61.3 Å². The van der Waals surface area contributed by atoms with E-state index < -0.39 is 11.7 Å². The molecule has 2 aromatic carbocycles. The van der Waals surface area contributed by atoms with Gasteiger partial charge in [0.2, 0.25) is 0 Å². The number of amides is 2. The fraction of sp³-hybridized carbons (Fsp3) is 0.400. The first-order valence-corrected chi connectivity index (χ1v) is 13.7. The lowest BCUT2D eigenvalue weighted by molar-refractivity contribution is -0.0563. The van der Waals surface area contributed by atoms with E-state index in [9.17, 15) is 14.7 Å². The van der Waals surface area contributed by atoms with E-state index in [4.69, 9.17) is 21.1 Å². The molecule has 0 spiro atoms. The van der Waals surface area contributed by atoms with Crippen molar-refractivity contribution in [3.8, 4) is 11.3 Å². The Morgan fingerprint density at radius 3 is 2.59 bits per heavy atom. The first kappa shape index (κ1) is 28.7. The molecule has 0 aliphatic carbocycles. The summed E-state index contributed by atoms with van der Waals surface area (Å²) in [5, 5.41) is 27.5. The molecule has 0 saturated carbocycles. The van der Waals surface area contributed by atoms with Crippen LogP contribution in [0.2, 0.25) is 5.02 Å². The molecule has 39 heavy (non-hydrogen) atoms. The highest BCUT2D eigenvalue weighted by atomic mass is 35.5. The molecule has 4 N–H and O–H groups in total. The molecule has 4 rings (SSSR count). The second kappa shape index (κ2) is 12.7. The quantitative estimate of drug-likeness (QED) is 0.249. The Bertz CT molecular complexity index is 1290. The number of rotatable bonds is 10. The summed E-state index contributed by atoms with van der Waals surface area (Å²) in [6.07, 6.45) is 1.02. The summed E-state index contributed by atoms with van der Waals surface area (Å²) in [6, 6.07) is 16.7. The largest absolute Gasteiger partial charge is 0.465 e. The third kappa shape index (κ3) is 6.64. The van der Waals surface area contributed by atoms with Crippen molar-refractivity contribution in [1.29, 1.82) is 0 Å². The highest BCUT2D eigenvalue weighted by Gasteiger charge is 2.43. The fourth-order valence-corrected chi connectivity index (χ4v) is 5.79. The average Bonchev–Trinajstić information content (AvgIpc) is 3.36. The first-order valence-electron chi connectivity index (χ1n) is 13.3. The van der Waals surface area contributed by atoms with E-state index in [0.29, 0.717) is 53.4 Å². The molecule has 2 amide bonds. The second-order valence-electron chi connectivity index (χ2n) is 10.2. The van der Waals surface area contributed by atoms with Crippen molar-refractivity contribution in [2.24, 2.45) is 5.92 Å². The number of halogens is 1. The highest BCUT2D eigenvalue weighted by Crippen LogP contribution is 2.46.